The van der Waals surface area contributed by atoms with Crippen molar-refractivity contribution in [1.29, 1.82) is 0 Å². The summed E-state index contributed by atoms with van der Waals surface area (Å²) in [6, 6.07) is 0. The van der Waals surface area contributed by atoms with Crippen molar-refractivity contribution in [2.45, 2.75) is 44.9 Å². The van der Waals surface area contributed by atoms with E-state index in [9.17, 15) is 4.79 Å². The van der Waals surface area contributed by atoms with Crippen molar-refractivity contribution in [1.82, 2.24) is 4.90 Å². The van der Waals surface area contributed by atoms with Crippen molar-refractivity contribution in [3.05, 3.63) is 0 Å². The molecule has 0 atom stereocenters. The number of hydrogen-bond acceptors (Lipinski definition) is 2. The maximum absolute atomic E-state index is 11.7. The highest BCUT2D eigenvalue weighted by atomic mass is 16.2. The first-order chi connectivity index (χ1) is 7.24. The molecule has 0 aromatic heterocycles. The van der Waals surface area contributed by atoms with Gasteiger partial charge in [-0.2, -0.15) is 0 Å². The van der Waals surface area contributed by atoms with Crippen LogP contribution in [0.15, 0.2) is 0 Å². The van der Waals surface area contributed by atoms with Crippen LogP contribution in [0.3, 0.4) is 0 Å². The number of nitrogens with zero attached hydrogens (tertiary/aromatic N) is 1. The maximum atomic E-state index is 11.7. The second-order valence-electron chi connectivity index (χ2n) is 4.65. The molecule has 0 radical (unpaired) electrons. The molecular weight excluding hydrogens is 188 g/mol. The predicted octanol–water partition coefficient (Wildman–Crippen LogP) is 1.76. The molecule has 1 fully saturated rings. The molecule has 0 spiro atoms. The minimum Gasteiger partial charge on any atom is -0.346 e. The first-order valence-corrected chi connectivity index (χ1v) is 6.18. The van der Waals surface area contributed by atoms with E-state index >= 15 is 0 Å². The van der Waals surface area contributed by atoms with Gasteiger partial charge in [0.15, 0.2) is 0 Å². The van der Waals surface area contributed by atoms with Crippen LogP contribution < -0.4 is 5.73 Å². The van der Waals surface area contributed by atoms with Crippen LogP contribution in [0.4, 0.5) is 0 Å². The molecule has 0 saturated heterocycles. The lowest BCUT2D eigenvalue weighted by molar-refractivity contribution is -0.130. The van der Waals surface area contributed by atoms with Gasteiger partial charge in [-0.05, 0) is 25.3 Å². The standard InChI is InChI=1S/C12H24N2O/c1-14(10-4-9-13)12(15)8-7-11-5-2-3-6-11/h11H,2-10,13H2,1H3. The number of nitrogens with two attached hydrogens (primary N) is 1. The van der Waals surface area contributed by atoms with Gasteiger partial charge in [0, 0.05) is 20.0 Å². The van der Waals surface area contributed by atoms with Gasteiger partial charge in [0.1, 0.15) is 0 Å². The molecule has 1 aliphatic carbocycles. The second kappa shape index (κ2) is 6.83. The lowest BCUT2D eigenvalue weighted by atomic mass is 10.0. The minimum atomic E-state index is 0.287. The molecule has 1 saturated carbocycles. The van der Waals surface area contributed by atoms with E-state index in [-0.39, 0.29) is 5.91 Å². The second-order valence-corrected chi connectivity index (χ2v) is 4.65. The van der Waals surface area contributed by atoms with Gasteiger partial charge in [0.25, 0.3) is 0 Å². The fourth-order valence-corrected chi connectivity index (χ4v) is 2.27. The van der Waals surface area contributed by atoms with Crippen molar-refractivity contribution in [3.8, 4) is 0 Å². The van der Waals surface area contributed by atoms with E-state index in [2.05, 4.69) is 0 Å². The summed E-state index contributed by atoms with van der Waals surface area (Å²) in [5, 5.41) is 0. The number of rotatable bonds is 6. The smallest absolute Gasteiger partial charge is 0.222 e. The summed E-state index contributed by atoms with van der Waals surface area (Å²) in [5.41, 5.74) is 5.41. The van der Waals surface area contributed by atoms with Gasteiger partial charge in [0.05, 0.1) is 0 Å². The monoisotopic (exact) mass is 212 g/mol. The molecule has 0 unspecified atom stereocenters. The van der Waals surface area contributed by atoms with Crippen LogP contribution in [0.25, 0.3) is 0 Å². The summed E-state index contributed by atoms with van der Waals surface area (Å²) in [4.78, 5) is 13.5. The molecule has 1 amide bonds. The Morgan fingerprint density at radius 1 is 1.40 bits per heavy atom. The number of carbonyl (C=O) groups excluding carboxylic acids is 1. The summed E-state index contributed by atoms with van der Waals surface area (Å²) in [6.07, 6.45) is 8.12. The summed E-state index contributed by atoms with van der Waals surface area (Å²) < 4.78 is 0. The van der Waals surface area contributed by atoms with E-state index in [0.29, 0.717) is 6.54 Å². The number of amides is 1. The van der Waals surface area contributed by atoms with Crippen LogP contribution in [-0.4, -0.2) is 30.9 Å². The van der Waals surface area contributed by atoms with Crippen LogP contribution in [0.1, 0.15) is 44.9 Å². The fourth-order valence-electron chi connectivity index (χ4n) is 2.27. The van der Waals surface area contributed by atoms with Gasteiger partial charge in [-0.25, -0.2) is 0 Å². The van der Waals surface area contributed by atoms with Gasteiger partial charge in [0.2, 0.25) is 5.91 Å². The summed E-state index contributed by atoms with van der Waals surface area (Å²) in [6.45, 7) is 1.47. The molecule has 0 bridgehead atoms. The molecule has 0 heterocycles. The Labute approximate surface area is 93.0 Å². The summed E-state index contributed by atoms with van der Waals surface area (Å²) in [5.74, 6) is 1.10. The zero-order chi connectivity index (χ0) is 11.1. The third kappa shape index (κ3) is 4.65. The quantitative estimate of drug-likeness (QED) is 0.729. The highest BCUT2D eigenvalue weighted by Gasteiger charge is 2.17. The molecular formula is C12H24N2O. The SMILES string of the molecule is CN(CCCN)C(=O)CCC1CCCC1. The van der Waals surface area contributed by atoms with Crippen LogP contribution in [0, 0.1) is 5.92 Å². The first-order valence-electron chi connectivity index (χ1n) is 6.18. The Kier molecular flexibility index (Phi) is 5.69. The zero-order valence-corrected chi connectivity index (χ0v) is 9.87. The largest absolute Gasteiger partial charge is 0.346 e. The van der Waals surface area contributed by atoms with E-state index in [4.69, 9.17) is 5.73 Å². The van der Waals surface area contributed by atoms with Crippen molar-refractivity contribution in [3.63, 3.8) is 0 Å². The predicted molar refractivity (Wildman–Crippen MR) is 62.5 cm³/mol. The minimum absolute atomic E-state index is 0.287. The topological polar surface area (TPSA) is 46.3 Å². The third-order valence-corrected chi connectivity index (χ3v) is 3.36. The van der Waals surface area contributed by atoms with Crippen LogP contribution in [-0.2, 0) is 4.79 Å². The van der Waals surface area contributed by atoms with Gasteiger partial charge in [-0.1, -0.05) is 25.7 Å². The fraction of sp³-hybridized carbons (Fsp3) is 0.917. The van der Waals surface area contributed by atoms with Crippen molar-refractivity contribution >= 4 is 5.91 Å². The van der Waals surface area contributed by atoms with Crippen LogP contribution in [0.2, 0.25) is 0 Å². The molecule has 0 aliphatic heterocycles. The lowest BCUT2D eigenvalue weighted by Crippen LogP contribution is -2.29. The normalized spacial score (nSPS) is 16.9. The first kappa shape index (κ1) is 12.5. The zero-order valence-electron chi connectivity index (χ0n) is 9.87. The van der Waals surface area contributed by atoms with Gasteiger partial charge >= 0.3 is 0 Å². The van der Waals surface area contributed by atoms with Crippen molar-refractivity contribution in [2.75, 3.05) is 20.1 Å². The molecule has 1 rings (SSSR count). The number of carbonyl (C=O) groups is 1. The van der Waals surface area contributed by atoms with Crippen molar-refractivity contribution < 1.29 is 4.79 Å². The van der Waals surface area contributed by atoms with E-state index < -0.39 is 0 Å². The molecule has 15 heavy (non-hydrogen) atoms. The molecule has 0 aromatic rings. The molecule has 2 N–H and O–H groups in total. The molecule has 3 heteroatoms. The highest BCUT2D eigenvalue weighted by molar-refractivity contribution is 5.75. The highest BCUT2D eigenvalue weighted by Crippen LogP contribution is 2.28. The van der Waals surface area contributed by atoms with E-state index in [1.54, 1.807) is 0 Å². The molecule has 0 aromatic carbocycles. The Hall–Kier alpha value is -0.570. The van der Waals surface area contributed by atoms with E-state index in [0.717, 1.165) is 31.7 Å². The van der Waals surface area contributed by atoms with Crippen molar-refractivity contribution in [2.24, 2.45) is 11.7 Å². The summed E-state index contributed by atoms with van der Waals surface area (Å²) in [7, 11) is 1.88. The number of hydrogen-bond donors (Lipinski definition) is 1. The van der Waals surface area contributed by atoms with E-state index in [1.807, 2.05) is 11.9 Å². The third-order valence-electron chi connectivity index (χ3n) is 3.36. The average molecular weight is 212 g/mol. The van der Waals surface area contributed by atoms with Gasteiger partial charge in [-0.3, -0.25) is 4.79 Å². The lowest BCUT2D eigenvalue weighted by Gasteiger charge is -2.17. The average Bonchev–Trinajstić information content (AvgIpc) is 2.75. The Bertz CT molecular complexity index is 188. The summed E-state index contributed by atoms with van der Waals surface area (Å²) >= 11 is 0. The van der Waals surface area contributed by atoms with Gasteiger partial charge in [-0.15, -0.1) is 0 Å². The maximum Gasteiger partial charge on any atom is 0.222 e. The van der Waals surface area contributed by atoms with E-state index in [1.165, 1.54) is 25.7 Å². The Balaban J connectivity index is 2.11. The van der Waals surface area contributed by atoms with Gasteiger partial charge < -0.3 is 10.6 Å². The molecule has 3 nitrogen and oxygen atoms in total. The Morgan fingerprint density at radius 2 is 2.07 bits per heavy atom. The van der Waals surface area contributed by atoms with Crippen LogP contribution in [0.5, 0.6) is 0 Å². The molecule has 1 aliphatic rings. The Morgan fingerprint density at radius 3 is 2.67 bits per heavy atom. The van der Waals surface area contributed by atoms with Crippen LogP contribution >= 0.6 is 0 Å². The molecule has 88 valence electrons.